The van der Waals surface area contributed by atoms with Gasteiger partial charge in [0.1, 0.15) is 0 Å². The van der Waals surface area contributed by atoms with Gasteiger partial charge in [-0.15, -0.1) is 11.8 Å². The Hall–Kier alpha value is -0.980. The van der Waals surface area contributed by atoms with Gasteiger partial charge in [-0.3, -0.25) is 0 Å². The zero-order chi connectivity index (χ0) is 15.5. The van der Waals surface area contributed by atoms with Crippen molar-refractivity contribution in [3.05, 3.63) is 64.1 Å². The normalized spacial score (nSPS) is 13.2. The van der Waals surface area contributed by atoms with Gasteiger partial charge in [-0.25, -0.2) is 0 Å². The second-order valence-corrected chi connectivity index (χ2v) is 6.29. The van der Waals surface area contributed by atoms with Crippen LogP contribution in [-0.2, 0) is 6.18 Å². The maximum absolute atomic E-state index is 12.5. The molecular weight excluding hydrogens is 365 g/mol. The zero-order valence-electron chi connectivity index (χ0n) is 10.8. The van der Waals surface area contributed by atoms with Gasteiger partial charge in [0.25, 0.3) is 0 Å². The highest BCUT2D eigenvalue weighted by molar-refractivity contribution is 9.10. The van der Waals surface area contributed by atoms with Crippen molar-refractivity contribution in [1.29, 1.82) is 0 Å². The van der Waals surface area contributed by atoms with Gasteiger partial charge in [0.15, 0.2) is 0 Å². The third-order valence-electron chi connectivity index (χ3n) is 2.86. The molecule has 0 heterocycles. The first-order chi connectivity index (χ1) is 9.88. The number of halogens is 4. The molecule has 0 spiro atoms. The molecule has 112 valence electrons. The van der Waals surface area contributed by atoms with E-state index in [0.29, 0.717) is 11.3 Å². The summed E-state index contributed by atoms with van der Waals surface area (Å²) in [5, 5.41) is 10.0. The summed E-state index contributed by atoms with van der Waals surface area (Å²) in [6.45, 7) is 0. The summed E-state index contributed by atoms with van der Waals surface area (Å²) in [4.78, 5) is 0.975. The molecule has 1 atom stereocenters. The van der Waals surface area contributed by atoms with E-state index in [0.717, 1.165) is 21.5 Å². The van der Waals surface area contributed by atoms with Crippen LogP contribution >= 0.6 is 27.7 Å². The molecule has 0 aromatic heterocycles. The van der Waals surface area contributed by atoms with Crippen LogP contribution in [0.1, 0.15) is 17.2 Å². The Bertz CT molecular complexity index is 599. The minimum atomic E-state index is -4.35. The second kappa shape index (κ2) is 6.85. The van der Waals surface area contributed by atoms with Crippen molar-refractivity contribution in [1.82, 2.24) is 0 Å². The van der Waals surface area contributed by atoms with E-state index in [9.17, 15) is 18.3 Å². The number of aliphatic hydroxyl groups is 1. The summed E-state index contributed by atoms with van der Waals surface area (Å²) in [7, 11) is 0. The largest absolute Gasteiger partial charge is 0.416 e. The van der Waals surface area contributed by atoms with E-state index in [1.165, 1.54) is 23.9 Å². The average Bonchev–Trinajstić information content (AvgIpc) is 2.45. The van der Waals surface area contributed by atoms with Crippen molar-refractivity contribution in [2.24, 2.45) is 0 Å². The second-order valence-electron chi connectivity index (χ2n) is 4.38. The molecule has 0 fully saturated rings. The molecule has 1 N–H and O–H groups in total. The van der Waals surface area contributed by atoms with E-state index in [1.807, 2.05) is 24.3 Å². The maximum Gasteiger partial charge on any atom is 0.416 e. The topological polar surface area (TPSA) is 20.2 Å². The van der Waals surface area contributed by atoms with Gasteiger partial charge in [0.05, 0.1) is 11.7 Å². The lowest BCUT2D eigenvalue weighted by Gasteiger charge is -2.13. The average molecular weight is 377 g/mol. The molecule has 0 aliphatic rings. The zero-order valence-corrected chi connectivity index (χ0v) is 13.2. The van der Waals surface area contributed by atoms with E-state index in [1.54, 1.807) is 0 Å². The van der Waals surface area contributed by atoms with Gasteiger partial charge in [-0.1, -0.05) is 24.3 Å². The van der Waals surface area contributed by atoms with Crippen LogP contribution in [-0.4, -0.2) is 10.9 Å². The summed E-state index contributed by atoms with van der Waals surface area (Å²) in [5.74, 6) is 0.369. The Balaban J connectivity index is 2.01. The Labute approximate surface area is 133 Å². The van der Waals surface area contributed by atoms with Crippen LogP contribution < -0.4 is 0 Å². The predicted molar refractivity (Wildman–Crippen MR) is 81.3 cm³/mol. The van der Waals surface area contributed by atoms with Crippen molar-refractivity contribution < 1.29 is 18.3 Å². The Morgan fingerprint density at radius 3 is 2.24 bits per heavy atom. The van der Waals surface area contributed by atoms with Crippen LogP contribution in [0.4, 0.5) is 13.2 Å². The molecule has 1 nitrogen and oxygen atoms in total. The molecule has 2 aromatic carbocycles. The predicted octanol–water partition coefficient (Wildman–Crippen LogP) is 5.29. The summed E-state index contributed by atoms with van der Waals surface area (Å²) >= 11 is 4.85. The first-order valence-electron chi connectivity index (χ1n) is 6.10. The summed E-state index contributed by atoms with van der Waals surface area (Å²) in [6, 6.07) is 12.2. The molecule has 6 heteroatoms. The van der Waals surface area contributed by atoms with Crippen LogP contribution in [0.2, 0.25) is 0 Å². The van der Waals surface area contributed by atoms with Crippen LogP contribution in [0.3, 0.4) is 0 Å². The third-order valence-corrected chi connectivity index (χ3v) is 4.96. The molecule has 0 bridgehead atoms. The highest BCUT2D eigenvalue weighted by Crippen LogP contribution is 2.32. The lowest BCUT2D eigenvalue weighted by Crippen LogP contribution is -2.06. The molecule has 0 amide bonds. The number of thioether (sulfide) groups is 1. The van der Waals surface area contributed by atoms with E-state index in [2.05, 4.69) is 15.9 Å². The number of hydrogen-bond acceptors (Lipinski definition) is 2. The third kappa shape index (κ3) is 4.49. The van der Waals surface area contributed by atoms with E-state index in [4.69, 9.17) is 0 Å². The summed E-state index contributed by atoms with van der Waals surface area (Å²) in [5.41, 5.74) is -0.237. The molecule has 0 saturated heterocycles. The minimum Gasteiger partial charge on any atom is -0.388 e. The Kier molecular flexibility index (Phi) is 5.35. The number of benzene rings is 2. The van der Waals surface area contributed by atoms with Crippen LogP contribution in [0, 0.1) is 0 Å². The summed E-state index contributed by atoms with van der Waals surface area (Å²) in [6.07, 6.45) is -5.17. The first-order valence-corrected chi connectivity index (χ1v) is 7.88. The molecule has 0 radical (unpaired) electrons. The first kappa shape index (κ1) is 16.4. The number of hydrogen-bond donors (Lipinski definition) is 1. The van der Waals surface area contributed by atoms with Crippen molar-refractivity contribution in [2.75, 3.05) is 5.75 Å². The van der Waals surface area contributed by atoms with Crippen molar-refractivity contribution in [3.63, 3.8) is 0 Å². The SMILES string of the molecule is OC(CSc1ccccc1Br)c1ccc(C(F)(F)F)cc1. The quantitative estimate of drug-likeness (QED) is 0.731. The molecule has 0 aliphatic heterocycles. The lowest BCUT2D eigenvalue weighted by atomic mass is 10.1. The summed E-state index contributed by atoms with van der Waals surface area (Å²) < 4.78 is 38.3. The van der Waals surface area contributed by atoms with Crippen LogP contribution in [0.25, 0.3) is 0 Å². The molecule has 2 aromatic rings. The van der Waals surface area contributed by atoms with Gasteiger partial charge in [0.2, 0.25) is 0 Å². The fraction of sp³-hybridized carbons (Fsp3) is 0.200. The number of aliphatic hydroxyl groups excluding tert-OH is 1. The van der Waals surface area contributed by atoms with Crippen molar-refractivity contribution >= 4 is 27.7 Å². The fourth-order valence-electron chi connectivity index (χ4n) is 1.72. The van der Waals surface area contributed by atoms with Crippen LogP contribution in [0.15, 0.2) is 57.9 Å². The Morgan fingerprint density at radius 1 is 1.05 bits per heavy atom. The van der Waals surface area contributed by atoms with Gasteiger partial charge in [0, 0.05) is 15.1 Å². The monoisotopic (exact) mass is 376 g/mol. The molecule has 0 saturated carbocycles. The standard InChI is InChI=1S/C15H12BrF3OS/c16-12-3-1-2-4-14(12)21-9-13(20)10-5-7-11(8-6-10)15(17,18)19/h1-8,13,20H,9H2. The van der Waals surface area contributed by atoms with E-state index >= 15 is 0 Å². The van der Waals surface area contributed by atoms with E-state index in [-0.39, 0.29) is 0 Å². The molecular formula is C15H12BrF3OS. The molecule has 1 unspecified atom stereocenters. The number of alkyl halides is 3. The van der Waals surface area contributed by atoms with Crippen molar-refractivity contribution in [3.8, 4) is 0 Å². The van der Waals surface area contributed by atoms with E-state index < -0.39 is 17.8 Å². The molecule has 21 heavy (non-hydrogen) atoms. The molecule has 0 aliphatic carbocycles. The lowest BCUT2D eigenvalue weighted by molar-refractivity contribution is -0.137. The van der Waals surface area contributed by atoms with Gasteiger partial charge < -0.3 is 5.11 Å². The van der Waals surface area contributed by atoms with Gasteiger partial charge in [-0.2, -0.15) is 13.2 Å². The maximum atomic E-state index is 12.5. The molecule has 2 rings (SSSR count). The van der Waals surface area contributed by atoms with Gasteiger partial charge in [-0.05, 0) is 45.8 Å². The number of rotatable bonds is 4. The fourth-order valence-corrected chi connectivity index (χ4v) is 3.26. The van der Waals surface area contributed by atoms with Crippen LogP contribution in [0.5, 0.6) is 0 Å². The highest BCUT2D eigenvalue weighted by Gasteiger charge is 2.30. The van der Waals surface area contributed by atoms with Crippen molar-refractivity contribution in [2.45, 2.75) is 17.2 Å². The Morgan fingerprint density at radius 2 is 1.67 bits per heavy atom. The smallest absolute Gasteiger partial charge is 0.388 e. The van der Waals surface area contributed by atoms with Gasteiger partial charge >= 0.3 is 6.18 Å². The minimum absolute atomic E-state index is 0.369. The highest BCUT2D eigenvalue weighted by atomic mass is 79.9.